The van der Waals surface area contributed by atoms with Crippen LogP contribution in [0.3, 0.4) is 0 Å². The van der Waals surface area contributed by atoms with Gasteiger partial charge in [0.15, 0.2) is 0 Å². The van der Waals surface area contributed by atoms with Gasteiger partial charge in [0.1, 0.15) is 11.5 Å². The summed E-state index contributed by atoms with van der Waals surface area (Å²) < 4.78 is 7.52. The summed E-state index contributed by atoms with van der Waals surface area (Å²) >= 11 is 0. The minimum atomic E-state index is -0.345. The van der Waals surface area contributed by atoms with Crippen LogP contribution in [0, 0.1) is 6.92 Å². The van der Waals surface area contributed by atoms with Gasteiger partial charge in [-0.1, -0.05) is 13.8 Å². The summed E-state index contributed by atoms with van der Waals surface area (Å²) in [5, 5.41) is 4.53. The fourth-order valence-corrected chi connectivity index (χ4v) is 2.18. The molecule has 0 atom stereocenters. The van der Waals surface area contributed by atoms with Gasteiger partial charge in [-0.15, -0.1) is 0 Å². The standard InChI is InChI=1S/C14H20N4O2/c1-4-10-6-11(5-2)18(17-10)8-12-7-13(9(3)20-12)14(19)16-15/h6-7H,4-5,8,15H2,1-3H3,(H,16,19). The number of aryl methyl sites for hydroxylation is 3. The zero-order valence-electron chi connectivity index (χ0n) is 12.1. The van der Waals surface area contributed by atoms with Crippen molar-refractivity contribution in [1.29, 1.82) is 0 Å². The third kappa shape index (κ3) is 2.75. The van der Waals surface area contributed by atoms with E-state index < -0.39 is 0 Å². The van der Waals surface area contributed by atoms with Gasteiger partial charge in [-0.3, -0.25) is 14.9 Å². The van der Waals surface area contributed by atoms with E-state index in [2.05, 4.69) is 30.4 Å². The lowest BCUT2D eigenvalue weighted by Gasteiger charge is -2.02. The third-order valence-corrected chi connectivity index (χ3v) is 3.29. The summed E-state index contributed by atoms with van der Waals surface area (Å²) in [6.07, 6.45) is 1.81. The Bertz CT molecular complexity index is 613. The molecule has 0 fully saturated rings. The highest BCUT2D eigenvalue weighted by Crippen LogP contribution is 2.17. The molecule has 0 aliphatic heterocycles. The Balaban J connectivity index is 2.26. The molecular weight excluding hydrogens is 256 g/mol. The van der Waals surface area contributed by atoms with Crippen LogP contribution in [0.2, 0.25) is 0 Å². The first-order chi connectivity index (χ1) is 9.58. The van der Waals surface area contributed by atoms with Gasteiger partial charge in [0.05, 0.1) is 17.8 Å². The molecule has 2 aromatic heterocycles. The molecule has 0 radical (unpaired) electrons. The lowest BCUT2D eigenvalue weighted by atomic mass is 10.2. The lowest BCUT2D eigenvalue weighted by molar-refractivity contribution is 0.0952. The van der Waals surface area contributed by atoms with Gasteiger partial charge in [-0.2, -0.15) is 5.10 Å². The molecule has 0 saturated heterocycles. The maximum absolute atomic E-state index is 11.6. The monoisotopic (exact) mass is 276 g/mol. The molecule has 1 amide bonds. The van der Waals surface area contributed by atoms with E-state index in [1.54, 1.807) is 13.0 Å². The SMILES string of the molecule is CCc1cc(CC)n(Cc2cc(C(=O)NN)c(C)o2)n1. The van der Waals surface area contributed by atoms with E-state index in [1.807, 2.05) is 4.68 Å². The van der Waals surface area contributed by atoms with Crippen LogP contribution in [0.1, 0.15) is 47.1 Å². The average molecular weight is 276 g/mol. The van der Waals surface area contributed by atoms with E-state index in [1.165, 1.54) is 0 Å². The smallest absolute Gasteiger partial charge is 0.268 e. The number of hydrogen-bond acceptors (Lipinski definition) is 4. The second-order valence-electron chi connectivity index (χ2n) is 4.65. The predicted molar refractivity (Wildman–Crippen MR) is 75.2 cm³/mol. The van der Waals surface area contributed by atoms with Crippen molar-refractivity contribution in [3.8, 4) is 0 Å². The van der Waals surface area contributed by atoms with E-state index in [0.717, 1.165) is 24.2 Å². The Kier molecular flexibility index (Phi) is 4.24. The fraction of sp³-hybridized carbons (Fsp3) is 0.429. The lowest BCUT2D eigenvalue weighted by Crippen LogP contribution is -2.30. The Morgan fingerprint density at radius 2 is 2.15 bits per heavy atom. The number of carbonyl (C=O) groups is 1. The summed E-state index contributed by atoms with van der Waals surface area (Å²) in [4.78, 5) is 11.6. The van der Waals surface area contributed by atoms with Gasteiger partial charge in [0, 0.05) is 5.69 Å². The number of carbonyl (C=O) groups excluding carboxylic acids is 1. The molecule has 0 saturated carbocycles. The summed E-state index contributed by atoms with van der Waals surface area (Å²) in [5.74, 6) is 6.05. The highest BCUT2D eigenvalue weighted by atomic mass is 16.3. The van der Waals surface area contributed by atoms with Gasteiger partial charge in [0.25, 0.3) is 5.91 Å². The van der Waals surface area contributed by atoms with Crippen LogP contribution >= 0.6 is 0 Å². The number of nitrogens with two attached hydrogens (primary N) is 1. The number of hydrazine groups is 1. The molecule has 3 N–H and O–H groups in total. The van der Waals surface area contributed by atoms with Crippen molar-refractivity contribution in [3.63, 3.8) is 0 Å². The molecule has 0 aliphatic carbocycles. The molecule has 0 aliphatic rings. The Labute approximate surface area is 117 Å². The van der Waals surface area contributed by atoms with Crippen LogP contribution < -0.4 is 11.3 Å². The average Bonchev–Trinajstić information content (AvgIpc) is 3.01. The number of amides is 1. The summed E-state index contributed by atoms with van der Waals surface area (Å²) in [7, 11) is 0. The summed E-state index contributed by atoms with van der Waals surface area (Å²) in [6.45, 7) is 6.43. The second-order valence-corrected chi connectivity index (χ2v) is 4.65. The number of nitrogen functional groups attached to an aromatic ring is 1. The number of hydrogen-bond donors (Lipinski definition) is 2. The largest absolute Gasteiger partial charge is 0.464 e. The molecule has 0 bridgehead atoms. The van der Waals surface area contributed by atoms with Crippen LogP contribution in [0.5, 0.6) is 0 Å². The number of nitrogens with zero attached hydrogens (tertiary/aromatic N) is 2. The van der Waals surface area contributed by atoms with Crippen LogP contribution in [0.25, 0.3) is 0 Å². The number of furan rings is 1. The number of aromatic nitrogens is 2. The van der Waals surface area contributed by atoms with Crippen molar-refractivity contribution >= 4 is 5.91 Å². The number of nitrogens with one attached hydrogen (secondary N) is 1. The number of rotatable bonds is 5. The van der Waals surface area contributed by atoms with Crippen molar-refractivity contribution in [3.05, 3.63) is 40.6 Å². The molecule has 6 nitrogen and oxygen atoms in total. The fourth-order valence-electron chi connectivity index (χ4n) is 2.18. The van der Waals surface area contributed by atoms with E-state index in [9.17, 15) is 4.79 Å². The first kappa shape index (κ1) is 14.3. The van der Waals surface area contributed by atoms with Crippen LogP contribution in [-0.2, 0) is 19.4 Å². The molecule has 0 unspecified atom stereocenters. The molecule has 0 aromatic carbocycles. The first-order valence-corrected chi connectivity index (χ1v) is 6.74. The van der Waals surface area contributed by atoms with E-state index in [-0.39, 0.29) is 5.91 Å². The Hall–Kier alpha value is -2.08. The molecule has 2 rings (SSSR count). The van der Waals surface area contributed by atoms with Crippen LogP contribution in [0.4, 0.5) is 0 Å². The van der Waals surface area contributed by atoms with Gasteiger partial charge in [-0.05, 0) is 31.9 Å². The van der Waals surface area contributed by atoms with Crippen molar-refractivity contribution < 1.29 is 9.21 Å². The Morgan fingerprint density at radius 3 is 2.75 bits per heavy atom. The highest BCUT2D eigenvalue weighted by molar-refractivity contribution is 5.94. The van der Waals surface area contributed by atoms with Crippen molar-refractivity contribution in [2.45, 2.75) is 40.2 Å². The van der Waals surface area contributed by atoms with E-state index in [4.69, 9.17) is 10.3 Å². The second kappa shape index (κ2) is 5.92. The Morgan fingerprint density at radius 1 is 1.40 bits per heavy atom. The zero-order chi connectivity index (χ0) is 14.7. The maximum Gasteiger partial charge on any atom is 0.268 e. The molecule has 6 heteroatoms. The highest BCUT2D eigenvalue weighted by Gasteiger charge is 2.15. The summed E-state index contributed by atoms with van der Waals surface area (Å²) in [5.41, 5.74) is 4.79. The van der Waals surface area contributed by atoms with Crippen molar-refractivity contribution in [1.82, 2.24) is 15.2 Å². The molecule has 2 heterocycles. The minimum absolute atomic E-state index is 0.345. The van der Waals surface area contributed by atoms with Gasteiger partial charge in [0.2, 0.25) is 0 Å². The van der Waals surface area contributed by atoms with Crippen molar-refractivity contribution in [2.75, 3.05) is 0 Å². The summed E-state index contributed by atoms with van der Waals surface area (Å²) in [6, 6.07) is 3.81. The first-order valence-electron chi connectivity index (χ1n) is 6.74. The third-order valence-electron chi connectivity index (χ3n) is 3.29. The zero-order valence-corrected chi connectivity index (χ0v) is 12.1. The van der Waals surface area contributed by atoms with Gasteiger partial charge < -0.3 is 4.42 Å². The van der Waals surface area contributed by atoms with E-state index >= 15 is 0 Å². The molecule has 108 valence electrons. The molecule has 20 heavy (non-hydrogen) atoms. The topological polar surface area (TPSA) is 86.1 Å². The van der Waals surface area contributed by atoms with Crippen LogP contribution in [-0.4, -0.2) is 15.7 Å². The van der Waals surface area contributed by atoms with Crippen molar-refractivity contribution in [2.24, 2.45) is 5.84 Å². The molecular formula is C14H20N4O2. The normalized spacial score (nSPS) is 10.8. The minimum Gasteiger partial charge on any atom is -0.464 e. The van der Waals surface area contributed by atoms with Gasteiger partial charge in [-0.25, -0.2) is 5.84 Å². The maximum atomic E-state index is 11.6. The molecule has 2 aromatic rings. The quantitative estimate of drug-likeness (QED) is 0.493. The van der Waals surface area contributed by atoms with Gasteiger partial charge >= 0.3 is 0 Å². The van der Waals surface area contributed by atoms with E-state index in [0.29, 0.717) is 23.6 Å². The van der Waals surface area contributed by atoms with Crippen LogP contribution in [0.15, 0.2) is 16.5 Å². The predicted octanol–water partition coefficient (Wildman–Crippen LogP) is 1.56. The molecule has 0 spiro atoms.